The average molecular weight is 132 g/mol. The highest BCUT2D eigenvalue weighted by Crippen LogP contribution is 2.29. The van der Waals surface area contributed by atoms with Crippen LogP contribution in [0.4, 0.5) is 0 Å². The van der Waals surface area contributed by atoms with Gasteiger partial charge in [0.2, 0.25) is 0 Å². The first kappa shape index (κ1) is 6.43. The molecule has 0 spiro atoms. The summed E-state index contributed by atoms with van der Waals surface area (Å²) in [6.45, 7) is 2.61. The van der Waals surface area contributed by atoms with Gasteiger partial charge < -0.3 is 5.11 Å². The van der Waals surface area contributed by atoms with Gasteiger partial charge in [-0.3, -0.25) is 0 Å². The molecular formula is C6H12OS. The Hall–Kier alpha value is 0.310. The first-order valence-corrected chi connectivity index (χ1v) is 4.10. The number of aliphatic hydroxyl groups excluding tert-OH is 1. The van der Waals surface area contributed by atoms with Crippen LogP contribution in [0, 0.1) is 5.92 Å². The number of hydrogen-bond acceptors (Lipinski definition) is 2. The van der Waals surface area contributed by atoms with Crippen molar-refractivity contribution >= 4 is 11.8 Å². The molecule has 1 unspecified atom stereocenters. The first-order chi connectivity index (χ1) is 3.83. The predicted molar refractivity (Wildman–Crippen MR) is 37.1 cm³/mol. The fourth-order valence-electron chi connectivity index (χ4n) is 1.01. The number of rotatable bonds is 1. The first-order valence-electron chi connectivity index (χ1n) is 3.05. The van der Waals surface area contributed by atoms with Crippen LogP contribution in [0.3, 0.4) is 0 Å². The minimum Gasteiger partial charge on any atom is -0.395 e. The van der Waals surface area contributed by atoms with Crippen molar-refractivity contribution in [3.05, 3.63) is 0 Å². The zero-order valence-corrected chi connectivity index (χ0v) is 5.95. The van der Waals surface area contributed by atoms with E-state index in [1.165, 1.54) is 12.2 Å². The molecule has 1 nitrogen and oxygen atoms in total. The monoisotopic (exact) mass is 132 g/mol. The van der Waals surface area contributed by atoms with Gasteiger partial charge in [0.25, 0.3) is 0 Å². The molecule has 2 atom stereocenters. The Morgan fingerprint density at radius 2 is 2.50 bits per heavy atom. The molecule has 0 aromatic heterocycles. The summed E-state index contributed by atoms with van der Waals surface area (Å²) < 4.78 is 0. The van der Waals surface area contributed by atoms with Crippen molar-refractivity contribution in [2.45, 2.75) is 18.6 Å². The molecule has 0 amide bonds. The lowest BCUT2D eigenvalue weighted by atomic mass is 10.1. The number of hydrogen-bond donors (Lipinski definition) is 1. The van der Waals surface area contributed by atoms with Crippen LogP contribution in [-0.2, 0) is 0 Å². The smallest absolute Gasteiger partial charge is 0.0550 e. The molecule has 1 aliphatic heterocycles. The van der Waals surface area contributed by atoms with E-state index in [2.05, 4.69) is 6.92 Å². The van der Waals surface area contributed by atoms with Crippen LogP contribution in [-0.4, -0.2) is 22.7 Å². The Balaban J connectivity index is 2.22. The summed E-state index contributed by atoms with van der Waals surface area (Å²) >= 11 is 1.90. The van der Waals surface area contributed by atoms with Crippen molar-refractivity contribution in [1.82, 2.24) is 0 Å². The minimum absolute atomic E-state index is 0.370. The standard InChI is InChI=1S/C6H12OS/c1-5-2-6(3-7)8-4-5/h5-7H,2-4H2,1H3/t5-,6?/m0/s1. The molecule has 1 fully saturated rings. The van der Waals surface area contributed by atoms with Crippen LogP contribution in [0.5, 0.6) is 0 Å². The highest BCUT2D eigenvalue weighted by molar-refractivity contribution is 8.00. The van der Waals surface area contributed by atoms with Crippen LogP contribution >= 0.6 is 11.8 Å². The molecule has 48 valence electrons. The van der Waals surface area contributed by atoms with Crippen LogP contribution < -0.4 is 0 Å². The maximum absolute atomic E-state index is 8.66. The summed E-state index contributed by atoms with van der Waals surface area (Å²) in [6.07, 6.45) is 1.21. The molecule has 1 heterocycles. The van der Waals surface area contributed by atoms with E-state index in [1.807, 2.05) is 11.8 Å². The fraction of sp³-hybridized carbons (Fsp3) is 1.00. The molecule has 1 aliphatic rings. The van der Waals surface area contributed by atoms with Gasteiger partial charge in [0.15, 0.2) is 0 Å². The lowest BCUT2D eigenvalue weighted by Crippen LogP contribution is -2.03. The van der Waals surface area contributed by atoms with E-state index in [0.717, 1.165) is 5.92 Å². The van der Waals surface area contributed by atoms with E-state index in [-0.39, 0.29) is 0 Å². The largest absolute Gasteiger partial charge is 0.395 e. The fourth-order valence-corrected chi connectivity index (χ4v) is 2.32. The van der Waals surface area contributed by atoms with Gasteiger partial charge in [0, 0.05) is 5.25 Å². The summed E-state index contributed by atoms with van der Waals surface area (Å²) in [4.78, 5) is 0. The normalized spacial score (nSPS) is 38.2. The molecule has 1 saturated heterocycles. The zero-order chi connectivity index (χ0) is 5.98. The van der Waals surface area contributed by atoms with Gasteiger partial charge >= 0.3 is 0 Å². The minimum atomic E-state index is 0.370. The second-order valence-electron chi connectivity index (χ2n) is 2.48. The Bertz CT molecular complexity index is 74.9. The van der Waals surface area contributed by atoms with Gasteiger partial charge in [-0.15, -0.1) is 0 Å². The molecule has 0 aromatic carbocycles. The maximum atomic E-state index is 8.66. The van der Waals surface area contributed by atoms with Crippen LogP contribution in [0.15, 0.2) is 0 Å². The third-order valence-electron chi connectivity index (χ3n) is 1.49. The average Bonchev–Trinajstić information content (AvgIpc) is 2.14. The highest BCUT2D eigenvalue weighted by atomic mass is 32.2. The molecule has 0 saturated carbocycles. The van der Waals surface area contributed by atoms with Gasteiger partial charge in [-0.25, -0.2) is 0 Å². The topological polar surface area (TPSA) is 20.2 Å². The Morgan fingerprint density at radius 1 is 1.75 bits per heavy atom. The molecule has 0 aromatic rings. The van der Waals surface area contributed by atoms with Crippen molar-refractivity contribution in [2.24, 2.45) is 5.92 Å². The van der Waals surface area contributed by atoms with E-state index in [1.54, 1.807) is 0 Å². The van der Waals surface area contributed by atoms with Crippen LogP contribution in [0.2, 0.25) is 0 Å². The third kappa shape index (κ3) is 1.39. The molecular weight excluding hydrogens is 120 g/mol. The van der Waals surface area contributed by atoms with Gasteiger partial charge in [-0.1, -0.05) is 6.92 Å². The molecule has 0 radical (unpaired) electrons. The highest BCUT2D eigenvalue weighted by Gasteiger charge is 2.20. The van der Waals surface area contributed by atoms with Crippen molar-refractivity contribution in [3.8, 4) is 0 Å². The lowest BCUT2D eigenvalue weighted by Gasteiger charge is -2.00. The zero-order valence-electron chi connectivity index (χ0n) is 5.13. The number of thioether (sulfide) groups is 1. The molecule has 0 aliphatic carbocycles. The quantitative estimate of drug-likeness (QED) is 0.577. The van der Waals surface area contributed by atoms with Crippen LogP contribution in [0.1, 0.15) is 13.3 Å². The predicted octanol–water partition coefficient (Wildman–Crippen LogP) is 1.12. The van der Waals surface area contributed by atoms with E-state index in [4.69, 9.17) is 5.11 Å². The molecule has 0 bridgehead atoms. The Labute approximate surface area is 54.5 Å². The summed E-state index contributed by atoms with van der Waals surface area (Å²) in [6, 6.07) is 0. The Kier molecular flexibility index (Phi) is 2.20. The summed E-state index contributed by atoms with van der Waals surface area (Å²) in [5.74, 6) is 2.07. The maximum Gasteiger partial charge on any atom is 0.0550 e. The van der Waals surface area contributed by atoms with Crippen molar-refractivity contribution in [1.29, 1.82) is 0 Å². The van der Waals surface area contributed by atoms with Crippen LogP contribution in [0.25, 0.3) is 0 Å². The van der Waals surface area contributed by atoms with E-state index >= 15 is 0 Å². The summed E-state index contributed by atoms with van der Waals surface area (Å²) in [5.41, 5.74) is 0. The Morgan fingerprint density at radius 3 is 2.75 bits per heavy atom. The van der Waals surface area contributed by atoms with Gasteiger partial charge in [0.05, 0.1) is 6.61 Å². The van der Waals surface area contributed by atoms with E-state index in [9.17, 15) is 0 Å². The second-order valence-corrected chi connectivity index (χ2v) is 3.81. The van der Waals surface area contributed by atoms with E-state index < -0.39 is 0 Å². The summed E-state index contributed by atoms with van der Waals surface area (Å²) in [5, 5.41) is 9.21. The van der Waals surface area contributed by atoms with Gasteiger partial charge in [0.1, 0.15) is 0 Å². The molecule has 1 N–H and O–H groups in total. The molecule has 1 rings (SSSR count). The van der Waals surface area contributed by atoms with Crippen molar-refractivity contribution in [3.63, 3.8) is 0 Å². The van der Waals surface area contributed by atoms with Gasteiger partial charge in [-0.05, 0) is 18.1 Å². The van der Waals surface area contributed by atoms with Crippen molar-refractivity contribution < 1.29 is 5.11 Å². The van der Waals surface area contributed by atoms with Crippen molar-refractivity contribution in [2.75, 3.05) is 12.4 Å². The summed E-state index contributed by atoms with van der Waals surface area (Å²) in [7, 11) is 0. The van der Waals surface area contributed by atoms with E-state index in [0.29, 0.717) is 11.9 Å². The second kappa shape index (κ2) is 2.74. The third-order valence-corrected chi connectivity index (χ3v) is 3.06. The van der Waals surface area contributed by atoms with Gasteiger partial charge in [-0.2, -0.15) is 11.8 Å². The molecule has 8 heavy (non-hydrogen) atoms. The number of aliphatic hydroxyl groups is 1. The SMILES string of the molecule is C[C@@H]1CSC(CO)C1. The lowest BCUT2D eigenvalue weighted by molar-refractivity contribution is 0.287. The molecule has 2 heteroatoms.